The van der Waals surface area contributed by atoms with Crippen LogP contribution in [0.5, 0.6) is 0 Å². The van der Waals surface area contributed by atoms with Crippen LogP contribution in [0.3, 0.4) is 0 Å². The fourth-order valence-electron chi connectivity index (χ4n) is 1.32. The zero-order valence-corrected chi connectivity index (χ0v) is 12.2. The normalized spacial score (nSPS) is 10.5. The van der Waals surface area contributed by atoms with Gasteiger partial charge >= 0.3 is 0 Å². The molecular formula is C11H9BrClN3S. The van der Waals surface area contributed by atoms with Gasteiger partial charge in [0.05, 0.1) is 0 Å². The highest BCUT2D eigenvalue weighted by Crippen LogP contribution is 2.30. The Kier molecular flexibility index (Phi) is 4.36. The topological polar surface area (TPSA) is 38.7 Å². The molecule has 0 aliphatic rings. The highest BCUT2D eigenvalue weighted by molar-refractivity contribution is 9.10. The van der Waals surface area contributed by atoms with Crippen molar-refractivity contribution in [3.8, 4) is 11.4 Å². The van der Waals surface area contributed by atoms with E-state index in [1.54, 1.807) is 24.0 Å². The van der Waals surface area contributed by atoms with Crippen LogP contribution >= 0.6 is 39.3 Å². The Morgan fingerprint density at radius 1 is 1.35 bits per heavy atom. The standard InChI is InChI=1S/C11H9BrClN3S/c1-2-17-9-5-7(12)6-14-11(9)8-3-4-10(13)16-15-8/h3-6H,2H2,1H3. The van der Waals surface area contributed by atoms with Crippen LogP contribution in [0.15, 0.2) is 33.8 Å². The lowest BCUT2D eigenvalue weighted by Crippen LogP contribution is -1.93. The van der Waals surface area contributed by atoms with Crippen LogP contribution in [0.25, 0.3) is 11.4 Å². The Morgan fingerprint density at radius 2 is 2.18 bits per heavy atom. The summed E-state index contributed by atoms with van der Waals surface area (Å²) in [6.07, 6.45) is 1.76. The van der Waals surface area contributed by atoms with Gasteiger partial charge in [0, 0.05) is 15.6 Å². The van der Waals surface area contributed by atoms with Crippen molar-refractivity contribution in [1.82, 2.24) is 15.2 Å². The second-order valence-corrected chi connectivity index (χ2v) is 5.78. The molecule has 0 N–H and O–H groups in total. The molecule has 3 nitrogen and oxygen atoms in total. The Morgan fingerprint density at radius 3 is 2.82 bits per heavy atom. The van der Waals surface area contributed by atoms with Crippen molar-refractivity contribution in [3.63, 3.8) is 0 Å². The van der Waals surface area contributed by atoms with Gasteiger partial charge in [0.1, 0.15) is 11.4 Å². The number of pyridine rings is 1. The number of nitrogens with zero attached hydrogens (tertiary/aromatic N) is 3. The van der Waals surface area contributed by atoms with Gasteiger partial charge in [-0.3, -0.25) is 4.98 Å². The Balaban J connectivity index is 2.46. The maximum Gasteiger partial charge on any atom is 0.151 e. The molecule has 0 saturated carbocycles. The van der Waals surface area contributed by atoms with E-state index in [4.69, 9.17) is 11.6 Å². The average molecular weight is 331 g/mol. The second-order valence-electron chi connectivity index (χ2n) is 3.17. The number of aromatic nitrogens is 3. The van der Waals surface area contributed by atoms with E-state index in [-0.39, 0.29) is 0 Å². The third-order valence-electron chi connectivity index (χ3n) is 1.99. The summed E-state index contributed by atoms with van der Waals surface area (Å²) < 4.78 is 0.958. The van der Waals surface area contributed by atoms with E-state index in [1.165, 1.54) is 0 Å². The van der Waals surface area contributed by atoms with Crippen LogP contribution in [0.1, 0.15) is 6.92 Å². The first kappa shape index (κ1) is 12.8. The molecule has 17 heavy (non-hydrogen) atoms. The zero-order chi connectivity index (χ0) is 12.3. The first-order valence-electron chi connectivity index (χ1n) is 4.98. The molecule has 2 aromatic heterocycles. The molecule has 0 aromatic carbocycles. The van der Waals surface area contributed by atoms with Gasteiger partial charge in [0.25, 0.3) is 0 Å². The summed E-state index contributed by atoms with van der Waals surface area (Å²) in [4.78, 5) is 5.47. The fraction of sp³-hybridized carbons (Fsp3) is 0.182. The first-order chi connectivity index (χ1) is 8.20. The van der Waals surface area contributed by atoms with Crippen molar-refractivity contribution < 1.29 is 0 Å². The van der Waals surface area contributed by atoms with Gasteiger partial charge in [-0.1, -0.05) is 18.5 Å². The molecule has 0 saturated heterocycles. The van der Waals surface area contributed by atoms with Gasteiger partial charge in [-0.05, 0) is 39.9 Å². The van der Waals surface area contributed by atoms with Crippen LogP contribution in [0.2, 0.25) is 5.15 Å². The number of rotatable bonds is 3. The minimum absolute atomic E-state index is 0.385. The molecule has 0 unspecified atom stereocenters. The van der Waals surface area contributed by atoms with Gasteiger partial charge < -0.3 is 0 Å². The smallest absolute Gasteiger partial charge is 0.151 e. The van der Waals surface area contributed by atoms with Crippen molar-refractivity contribution in [3.05, 3.63) is 34.0 Å². The van der Waals surface area contributed by atoms with Crippen molar-refractivity contribution in [2.45, 2.75) is 11.8 Å². The van der Waals surface area contributed by atoms with Gasteiger partial charge in [-0.15, -0.1) is 22.0 Å². The summed E-state index contributed by atoms with van der Waals surface area (Å²) in [6.45, 7) is 2.10. The molecule has 0 amide bonds. The summed E-state index contributed by atoms with van der Waals surface area (Å²) in [7, 11) is 0. The minimum Gasteiger partial charge on any atom is -0.252 e. The maximum atomic E-state index is 5.72. The molecule has 0 bridgehead atoms. The Bertz CT molecular complexity index is 519. The van der Waals surface area contributed by atoms with Gasteiger partial charge in [0.15, 0.2) is 5.15 Å². The van der Waals surface area contributed by atoms with Crippen molar-refractivity contribution >= 4 is 39.3 Å². The summed E-state index contributed by atoms with van der Waals surface area (Å²) in [5.74, 6) is 0.978. The predicted molar refractivity (Wildman–Crippen MR) is 74.4 cm³/mol. The molecule has 6 heteroatoms. The van der Waals surface area contributed by atoms with E-state index in [2.05, 4.69) is 38.0 Å². The van der Waals surface area contributed by atoms with E-state index < -0.39 is 0 Å². The summed E-state index contributed by atoms with van der Waals surface area (Å²) >= 11 is 10.9. The highest BCUT2D eigenvalue weighted by Gasteiger charge is 2.09. The van der Waals surface area contributed by atoms with Gasteiger partial charge in [-0.25, -0.2) is 0 Å². The molecule has 0 fully saturated rings. The quantitative estimate of drug-likeness (QED) is 0.795. The van der Waals surface area contributed by atoms with E-state index in [0.717, 1.165) is 26.5 Å². The number of hydrogen-bond acceptors (Lipinski definition) is 4. The number of hydrogen-bond donors (Lipinski definition) is 0. The van der Waals surface area contributed by atoms with Crippen molar-refractivity contribution in [2.24, 2.45) is 0 Å². The van der Waals surface area contributed by atoms with Crippen molar-refractivity contribution in [1.29, 1.82) is 0 Å². The van der Waals surface area contributed by atoms with Crippen molar-refractivity contribution in [2.75, 3.05) is 5.75 Å². The number of halogens is 2. The molecule has 0 atom stereocenters. The maximum absolute atomic E-state index is 5.72. The van der Waals surface area contributed by atoms with Crippen LogP contribution < -0.4 is 0 Å². The highest BCUT2D eigenvalue weighted by atomic mass is 79.9. The van der Waals surface area contributed by atoms with E-state index >= 15 is 0 Å². The third-order valence-corrected chi connectivity index (χ3v) is 3.54. The molecule has 88 valence electrons. The van der Waals surface area contributed by atoms with E-state index in [1.807, 2.05) is 12.1 Å². The van der Waals surface area contributed by atoms with E-state index in [0.29, 0.717) is 5.15 Å². The third kappa shape index (κ3) is 3.18. The Labute approximate surface area is 117 Å². The number of thioether (sulfide) groups is 1. The first-order valence-corrected chi connectivity index (χ1v) is 7.14. The molecule has 0 radical (unpaired) electrons. The van der Waals surface area contributed by atoms with E-state index in [9.17, 15) is 0 Å². The van der Waals surface area contributed by atoms with Crippen LogP contribution in [-0.2, 0) is 0 Å². The monoisotopic (exact) mass is 329 g/mol. The van der Waals surface area contributed by atoms with Gasteiger partial charge in [0.2, 0.25) is 0 Å². The van der Waals surface area contributed by atoms with Crippen LogP contribution in [0.4, 0.5) is 0 Å². The summed E-state index contributed by atoms with van der Waals surface area (Å²) in [6, 6.07) is 5.58. The molecule has 2 rings (SSSR count). The summed E-state index contributed by atoms with van der Waals surface area (Å²) in [5.41, 5.74) is 1.57. The molecule has 2 aromatic rings. The second kappa shape index (κ2) is 5.80. The average Bonchev–Trinajstić information content (AvgIpc) is 2.31. The zero-order valence-electron chi connectivity index (χ0n) is 9.02. The lowest BCUT2D eigenvalue weighted by molar-refractivity contribution is 1.02. The molecule has 2 heterocycles. The minimum atomic E-state index is 0.385. The molecule has 0 aliphatic heterocycles. The lowest BCUT2D eigenvalue weighted by atomic mass is 10.2. The van der Waals surface area contributed by atoms with Crippen LogP contribution in [0, 0.1) is 0 Å². The fourth-order valence-corrected chi connectivity index (χ4v) is 2.72. The molecule has 0 spiro atoms. The van der Waals surface area contributed by atoms with Gasteiger partial charge in [-0.2, -0.15) is 0 Å². The molecular weight excluding hydrogens is 322 g/mol. The predicted octanol–water partition coefficient (Wildman–Crippen LogP) is 4.07. The largest absolute Gasteiger partial charge is 0.252 e. The lowest BCUT2D eigenvalue weighted by Gasteiger charge is -2.06. The van der Waals surface area contributed by atoms with Crippen LogP contribution in [-0.4, -0.2) is 20.9 Å². The molecule has 0 aliphatic carbocycles. The summed E-state index contributed by atoms with van der Waals surface area (Å²) in [5, 5.41) is 8.27. The SMILES string of the molecule is CCSc1cc(Br)cnc1-c1ccc(Cl)nn1. The Hall–Kier alpha value is -0.650.